The minimum absolute atomic E-state index is 0.246. The number of piperidine rings is 2. The summed E-state index contributed by atoms with van der Waals surface area (Å²) in [4.78, 5) is 14.4. The normalized spacial score (nSPS) is 29.1. The van der Waals surface area contributed by atoms with Crippen LogP contribution in [0, 0.1) is 0 Å². The second-order valence-corrected chi connectivity index (χ2v) is 5.99. The highest BCUT2D eigenvalue weighted by molar-refractivity contribution is 5.76. The zero-order valence-electron chi connectivity index (χ0n) is 12.3. The molecule has 0 aromatic rings. The van der Waals surface area contributed by atoms with Crippen molar-refractivity contribution in [1.29, 1.82) is 0 Å². The molecule has 2 atom stereocenters. The van der Waals surface area contributed by atoms with Crippen LogP contribution in [-0.4, -0.2) is 49.1 Å². The zero-order valence-corrected chi connectivity index (χ0v) is 12.3. The highest BCUT2D eigenvalue weighted by Crippen LogP contribution is 2.13. The molecule has 2 aliphatic rings. The lowest BCUT2D eigenvalue weighted by molar-refractivity contribution is -0.122. The minimum atomic E-state index is 0.246. The van der Waals surface area contributed by atoms with Crippen molar-refractivity contribution < 1.29 is 4.79 Å². The molecule has 2 rings (SSSR count). The van der Waals surface area contributed by atoms with E-state index in [1.165, 1.54) is 32.2 Å². The molecule has 110 valence electrons. The number of likely N-dealkylation sites (tertiary alicyclic amines) is 1. The molecule has 2 aliphatic heterocycles. The van der Waals surface area contributed by atoms with Crippen molar-refractivity contribution >= 4 is 5.91 Å². The molecule has 0 spiro atoms. The maximum atomic E-state index is 12.0. The number of nitrogens with one attached hydrogen (secondary N) is 2. The first kappa shape index (κ1) is 14.8. The molecule has 0 bridgehead atoms. The van der Waals surface area contributed by atoms with Gasteiger partial charge < -0.3 is 15.5 Å². The molecule has 2 saturated heterocycles. The van der Waals surface area contributed by atoms with Crippen molar-refractivity contribution in [2.45, 2.75) is 64.0 Å². The summed E-state index contributed by atoms with van der Waals surface area (Å²) in [6, 6.07) is 0.943. The molecule has 0 aliphatic carbocycles. The molecule has 4 heteroatoms. The molecular formula is C15H29N3O. The Labute approximate surface area is 117 Å². The van der Waals surface area contributed by atoms with E-state index in [2.05, 4.69) is 22.5 Å². The molecule has 0 radical (unpaired) electrons. The van der Waals surface area contributed by atoms with Gasteiger partial charge in [-0.1, -0.05) is 13.3 Å². The van der Waals surface area contributed by atoms with Gasteiger partial charge in [-0.15, -0.1) is 0 Å². The molecule has 1 amide bonds. The van der Waals surface area contributed by atoms with Crippen molar-refractivity contribution in [3.8, 4) is 0 Å². The Morgan fingerprint density at radius 2 is 2.21 bits per heavy atom. The van der Waals surface area contributed by atoms with Crippen molar-refractivity contribution in [1.82, 2.24) is 15.5 Å². The maximum absolute atomic E-state index is 12.0. The van der Waals surface area contributed by atoms with E-state index in [1.807, 2.05) is 0 Å². The van der Waals surface area contributed by atoms with Gasteiger partial charge in [-0.05, 0) is 51.7 Å². The largest absolute Gasteiger partial charge is 0.352 e. The molecule has 0 saturated carbocycles. The predicted octanol–water partition coefficient (Wildman–Crippen LogP) is 1.51. The van der Waals surface area contributed by atoms with E-state index in [4.69, 9.17) is 0 Å². The van der Waals surface area contributed by atoms with E-state index in [0.29, 0.717) is 18.5 Å². The van der Waals surface area contributed by atoms with Crippen LogP contribution in [-0.2, 0) is 4.79 Å². The van der Waals surface area contributed by atoms with E-state index < -0.39 is 0 Å². The van der Waals surface area contributed by atoms with Crippen LogP contribution in [0.3, 0.4) is 0 Å². The van der Waals surface area contributed by atoms with Gasteiger partial charge >= 0.3 is 0 Å². The second-order valence-electron chi connectivity index (χ2n) is 5.99. The number of amides is 1. The Morgan fingerprint density at radius 3 is 2.95 bits per heavy atom. The first-order valence-electron chi connectivity index (χ1n) is 8.03. The van der Waals surface area contributed by atoms with Gasteiger partial charge in [0.2, 0.25) is 5.91 Å². The average molecular weight is 267 g/mol. The fourth-order valence-corrected chi connectivity index (χ4v) is 3.24. The number of rotatable bonds is 5. The highest BCUT2D eigenvalue weighted by atomic mass is 16.1. The van der Waals surface area contributed by atoms with Gasteiger partial charge in [-0.2, -0.15) is 0 Å². The summed E-state index contributed by atoms with van der Waals surface area (Å²) in [6.07, 6.45) is 7.87. The Kier molecular flexibility index (Phi) is 6.11. The third-order valence-corrected chi connectivity index (χ3v) is 4.45. The van der Waals surface area contributed by atoms with E-state index >= 15 is 0 Å². The van der Waals surface area contributed by atoms with Crippen LogP contribution >= 0.6 is 0 Å². The predicted molar refractivity (Wildman–Crippen MR) is 78.2 cm³/mol. The van der Waals surface area contributed by atoms with Gasteiger partial charge in [0.05, 0.1) is 0 Å². The molecule has 2 heterocycles. The Balaban J connectivity index is 1.63. The molecular weight excluding hydrogens is 238 g/mol. The molecule has 2 fully saturated rings. The molecule has 2 N–H and O–H groups in total. The molecule has 0 aromatic carbocycles. The third kappa shape index (κ3) is 5.11. The standard InChI is InChI=1S/C15H29N3O/c1-2-18-11-5-7-14(12-18)17-15(19)9-8-13-6-3-4-10-16-13/h13-14,16H,2-12H2,1H3,(H,17,19). The topological polar surface area (TPSA) is 44.4 Å². The monoisotopic (exact) mass is 267 g/mol. The lowest BCUT2D eigenvalue weighted by Gasteiger charge is -2.32. The molecule has 2 unspecified atom stereocenters. The fraction of sp³-hybridized carbons (Fsp3) is 0.933. The van der Waals surface area contributed by atoms with Crippen molar-refractivity contribution in [2.24, 2.45) is 0 Å². The minimum Gasteiger partial charge on any atom is -0.352 e. The van der Waals surface area contributed by atoms with Gasteiger partial charge in [0.15, 0.2) is 0 Å². The van der Waals surface area contributed by atoms with Crippen LogP contribution in [0.25, 0.3) is 0 Å². The van der Waals surface area contributed by atoms with Crippen LogP contribution in [0.4, 0.5) is 0 Å². The highest BCUT2D eigenvalue weighted by Gasteiger charge is 2.21. The first-order chi connectivity index (χ1) is 9.28. The van der Waals surface area contributed by atoms with Gasteiger partial charge in [0, 0.05) is 25.0 Å². The van der Waals surface area contributed by atoms with E-state index in [-0.39, 0.29) is 5.91 Å². The number of hydrogen-bond donors (Lipinski definition) is 2. The van der Waals surface area contributed by atoms with E-state index in [1.54, 1.807) is 0 Å². The van der Waals surface area contributed by atoms with Crippen LogP contribution in [0.15, 0.2) is 0 Å². The summed E-state index contributed by atoms with van der Waals surface area (Å²) in [5, 5.41) is 6.72. The smallest absolute Gasteiger partial charge is 0.220 e. The third-order valence-electron chi connectivity index (χ3n) is 4.45. The SMILES string of the molecule is CCN1CCCC(NC(=O)CCC2CCCCN2)C1. The summed E-state index contributed by atoms with van der Waals surface area (Å²) in [7, 11) is 0. The summed E-state index contributed by atoms with van der Waals surface area (Å²) >= 11 is 0. The quantitative estimate of drug-likeness (QED) is 0.793. The van der Waals surface area contributed by atoms with Gasteiger partial charge in [0.1, 0.15) is 0 Å². The van der Waals surface area contributed by atoms with Crippen molar-refractivity contribution in [2.75, 3.05) is 26.2 Å². The van der Waals surface area contributed by atoms with Gasteiger partial charge in [0.25, 0.3) is 0 Å². The zero-order chi connectivity index (χ0) is 13.5. The number of carbonyl (C=O) groups excluding carboxylic acids is 1. The van der Waals surface area contributed by atoms with Crippen molar-refractivity contribution in [3.63, 3.8) is 0 Å². The van der Waals surface area contributed by atoms with Crippen LogP contribution < -0.4 is 10.6 Å². The van der Waals surface area contributed by atoms with Crippen LogP contribution in [0.1, 0.15) is 51.9 Å². The number of hydrogen-bond acceptors (Lipinski definition) is 3. The van der Waals surface area contributed by atoms with Crippen LogP contribution in [0.2, 0.25) is 0 Å². The lowest BCUT2D eigenvalue weighted by Crippen LogP contribution is -2.47. The van der Waals surface area contributed by atoms with Crippen LogP contribution in [0.5, 0.6) is 0 Å². The Bertz CT molecular complexity index is 277. The van der Waals surface area contributed by atoms with Gasteiger partial charge in [-0.3, -0.25) is 4.79 Å². The molecule has 0 aromatic heterocycles. The summed E-state index contributed by atoms with van der Waals surface area (Å²) in [5.74, 6) is 0.246. The molecule has 19 heavy (non-hydrogen) atoms. The number of nitrogens with zero attached hydrogens (tertiary/aromatic N) is 1. The summed E-state index contributed by atoms with van der Waals surface area (Å²) < 4.78 is 0. The summed E-state index contributed by atoms with van der Waals surface area (Å²) in [6.45, 7) is 6.64. The lowest BCUT2D eigenvalue weighted by atomic mass is 10.00. The van der Waals surface area contributed by atoms with Crippen molar-refractivity contribution in [3.05, 3.63) is 0 Å². The second kappa shape index (κ2) is 7.85. The Morgan fingerprint density at radius 1 is 1.32 bits per heavy atom. The molecule has 4 nitrogen and oxygen atoms in total. The van der Waals surface area contributed by atoms with E-state index in [0.717, 1.165) is 32.5 Å². The first-order valence-corrected chi connectivity index (χ1v) is 8.03. The van der Waals surface area contributed by atoms with Gasteiger partial charge in [-0.25, -0.2) is 0 Å². The summed E-state index contributed by atoms with van der Waals surface area (Å²) in [5.41, 5.74) is 0. The average Bonchev–Trinajstić information content (AvgIpc) is 2.46. The van der Waals surface area contributed by atoms with E-state index in [9.17, 15) is 4.79 Å². The maximum Gasteiger partial charge on any atom is 0.220 e. The fourth-order valence-electron chi connectivity index (χ4n) is 3.24. The number of likely N-dealkylation sites (N-methyl/N-ethyl adjacent to an activating group) is 1. The Hall–Kier alpha value is -0.610. The number of carbonyl (C=O) groups is 1.